The zero-order valence-electron chi connectivity index (χ0n) is 11.1. The van der Waals surface area contributed by atoms with E-state index >= 15 is 0 Å². The lowest BCUT2D eigenvalue weighted by Crippen LogP contribution is -2.21. The third-order valence-electron chi connectivity index (χ3n) is 3.62. The highest BCUT2D eigenvalue weighted by Gasteiger charge is 2.07. The van der Waals surface area contributed by atoms with E-state index in [-0.39, 0.29) is 5.56 Å². The predicted octanol–water partition coefficient (Wildman–Crippen LogP) is 3.59. The molecule has 0 unspecified atom stereocenters. The summed E-state index contributed by atoms with van der Waals surface area (Å²) in [6.45, 7) is 2.73. The van der Waals surface area contributed by atoms with Gasteiger partial charge >= 0.3 is 0 Å². The van der Waals surface area contributed by atoms with Crippen LogP contribution in [0.2, 0.25) is 0 Å². The van der Waals surface area contributed by atoms with Gasteiger partial charge in [0.25, 0.3) is 5.56 Å². The monoisotopic (exact) mass is 251 g/mol. The van der Waals surface area contributed by atoms with Crippen molar-refractivity contribution in [2.75, 3.05) is 0 Å². The molecule has 0 saturated carbocycles. The first-order chi connectivity index (χ1) is 9.25. The lowest BCUT2D eigenvalue weighted by molar-refractivity contribution is 0.754. The standard InChI is InChI=1S/C17H17NO/c1-13-11-18(12-14-7-3-2-4-8-14)17(19)16-10-6-5-9-15(13)16/h3,5-11H,2,4,12H2,1H3. The van der Waals surface area contributed by atoms with E-state index in [4.69, 9.17) is 0 Å². The van der Waals surface area contributed by atoms with Crippen LogP contribution in [0.3, 0.4) is 0 Å². The second kappa shape index (κ2) is 4.88. The number of fused-ring (bicyclic) bond motifs is 1. The van der Waals surface area contributed by atoms with Crippen LogP contribution in [0, 0.1) is 6.92 Å². The highest BCUT2D eigenvalue weighted by molar-refractivity contribution is 5.84. The fraction of sp³-hybridized carbons (Fsp3) is 0.235. The van der Waals surface area contributed by atoms with Crippen LogP contribution in [-0.4, -0.2) is 4.57 Å². The Morgan fingerprint density at radius 2 is 1.95 bits per heavy atom. The number of aryl methyl sites for hydroxylation is 1. The molecule has 1 aliphatic rings. The molecule has 1 aromatic carbocycles. The number of nitrogens with zero attached hydrogens (tertiary/aromatic N) is 1. The number of hydrogen-bond donors (Lipinski definition) is 0. The Hall–Kier alpha value is -2.09. The SMILES string of the molecule is Cc1cn(CC2=CCCC=C2)c(=O)c2ccccc12. The fourth-order valence-corrected chi connectivity index (χ4v) is 2.63. The van der Waals surface area contributed by atoms with Crippen LogP contribution < -0.4 is 5.56 Å². The molecule has 2 nitrogen and oxygen atoms in total. The largest absolute Gasteiger partial charge is 0.310 e. The van der Waals surface area contributed by atoms with Crippen molar-refractivity contribution >= 4 is 10.8 Å². The lowest BCUT2D eigenvalue weighted by Gasteiger charge is -2.12. The van der Waals surface area contributed by atoms with E-state index in [9.17, 15) is 4.79 Å². The molecular formula is C17H17NO. The second-order valence-electron chi connectivity index (χ2n) is 5.05. The third kappa shape index (κ3) is 2.26. The summed E-state index contributed by atoms with van der Waals surface area (Å²) in [6.07, 6.45) is 10.7. The van der Waals surface area contributed by atoms with E-state index in [2.05, 4.69) is 25.2 Å². The highest BCUT2D eigenvalue weighted by Crippen LogP contribution is 2.16. The fourth-order valence-electron chi connectivity index (χ4n) is 2.63. The molecule has 0 aliphatic heterocycles. The van der Waals surface area contributed by atoms with E-state index < -0.39 is 0 Å². The molecule has 0 saturated heterocycles. The maximum atomic E-state index is 12.5. The number of pyridine rings is 1. The first kappa shape index (κ1) is 12.0. The van der Waals surface area contributed by atoms with E-state index in [1.165, 1.54) is 5.57 Å². The van der Waals surface area contributed by atoms with Crippen LogP contribution in [0.4, 0.5) is 0 Å². The molecule has 1 heterocycles. The molecule has 0 N–H and O–H groups in total. The van der Waals surface area contributed by atoms with Gasteiger partial charge in [-0.2, -0.15) is 0 Å². The Balaban J connectivity index is 2.09. The van der Waals surface area contributed by atoms with Gasteiger partial charge in [-0.05, 0) is 42.4 Å². The van der Waals surface area contributed by atoms with Crippen molar-refractivity contribution in [3.63, 3.8) is 0 Å². The van der Waals surface area contributed by atoms with Gasteiger partial charge in [0.15, 0.2) is 0 Å². The van der Waals surface area contributed by atoms with Crippen molar-refractivity contribution in [2.24, 2.45) is 0 Å². The molecule has 1 aliphatic carbocycles. The summed E-state index contributed by atoms with van der Waals surface area (Å²) in [6, 6.07) is 7.82. The molecule has 0 amide bonds. The molecule has 0 spiro atoms. The molecule has 2 heteroatoms. The molecule has 2 aromatic rings. The summed E-state index contributed by atoms with van der Waals surface area (Å²) in [4.78, 5) is 12.5. The topological polar surface area (TPSA) is 22.0 Å². The summed E-state index contributed by atoms with van der Waals surface area (Å²) < 4.78 is 1.82. The highest BCUT2D eigenvalue weighted by atomic mass is 16.1. The number of aromatic nitrogens is 1. The zero-order valence-corrected chi connectivity index (χ0v) is 11.1. The minimum atomic E-state index is 0.0982. The minimum Gasteiger partial charge on any atom is -0.310 e. The lowest BCUT2D eigenvalue weighted by atomic mass is 10.1. The molecule has 1 aromatic heterocycles. The van der Waals surface area contributed by atoms with Crippen molar-refractivity contribution < 1.29 is 0 Å². The van der Waals surface area contributed by atoms with Gasteiger partial charge in [0.2, 0.25) is 0 Å². The smallest absolute Gasteiger partial charge is 0.258 e. The summed E-state index contributed by atoms with van der Waals surface area (Å²) in [5.41, 5.74) is 2.47. The Morgan fingerprint density at radius 1 is 1.16 bits per heavy atom. The van der Waals surface area contributed by atoms with Gasteiger partial charge < -0.3 is 4.57 Å². The van der Waals surface area contributed by atoms with E-state index in [1.54, 1.807) is 0 Å². The second-order valence-corrected chi connectivity index (χ2v) is 5.05. The van der Waals surface area contributed by atoms with Crippen molar-refractivity contribution in [2.45, 2.75) is 26.3 Å². The Bertz CT molecular complexity index is 735. The van der Waals surface area contributed by atoms with Crippen LogP contribution in [0.5, 0.6) is 0 Å². The molecule has 19 heavy (non-hydrogen) atoms. The van der Waals surface area contributed by atoms with Gasteiger partial charge in [0.05, 0.1) is 6.54 Å². The maximum Gasteiger partial charge on any atom is 0.258 e. The first-order valence-electron chi connectivity index (χ1n) is 6.70. The zero-order chi connectivity index (χ0) is 13.2. The predicted molar refractivity (Wildman–Crippen MR) is 79.4 cm³/mol. The van der Waals surface area contributed by atoms with Crippen molar-refractivity contribution in [3.05, 3.63) is 70.2 Å². The average Bonchev–Trinajstić information content (AvgIpc) is 2.46. The van der Waals surface area contributed by atoms with Crippen molar-refractivity contribution in [1.82, 2.24) is 4.57 Å². The van der Waals surface area contributed by atoms with Crippen molar-refractivity contribution in [3.8, 4) is 0 Å². The Labute approximate surface area is 112 Å². The van der Waals surface area contributed by atoms with Gasteiger partial charge in [-0.1, -0.05) is 36.4 Å². The molecule has 0 atom stereocenters. The first-order valence-corrected chi connectivity index (χ1v) is 6.70. The molecule has 96 valence electrons. The van der Waals surface area contributed by atoms with Gasteiger partial charge in [-0.15, -0.1) is 0 Å². The van der Waals surface area contributed by atoms with Crippen LogP contribution in [0.1, 0.15) is 18.4 Å². The Morgan fingerprint density at radius 3 is 2.68 bits per heavy atom. The molecule has 3 rings (SSSR count). The number of hydrogen-bond acceptors (Lipinski definition) is 1. The van der Waals surface area contributed by atoms with Crippen LogP contribution in [-0.2, 0) is 6.54 Å². The summed E-state index contributed by atoms with van der Waals surface area (Å²) >= 11 is 0. The number of allylic oxidation sites excluding steroid dienone is 4. The maximum absolute atomic E-state index is 12.5. The summed E-state index contributed by atoms with van der Waals surface area (Å²) in [7, 11) is 0. The number of rotatable bonds is 2. The third-order valence-corrected chi connectivity index (χ3v) is 3.62. The van der Waals surface area contributed by atoms with Gasteiger partial charge in [0, 0.05) is 11.6 Å². The normalized spacial score (nSPS) is 14.7. The van der Waals surface area contributed by atoms with Crippen LogP contribution >= 0.6 is 0 Å². The quantitative estimate of drug-likeness (QED) is 0.799. The molecule has 0 radical (unpaired) electrons. The average molecular weight is 251 g/mol. The van der Waals surface area contributed by atoms with Gasteiger partial charge in [-0.3, -0.25) is 4.79 Å². The van der Waals surface area contributed by atoms with Crippen LogP contribution in [0.15, 0.2) is 59.1 Å². The van der Waals surface area contributed by atoms with E-state index in [1.807, 2.05) is 35.0 Å². The molecule has 0 fully saturated rings. The van der Waals surface area contributed by atoms with Gasteiger partial charge in [-0.25, -0.2) is 0 Å². The molecular weight excluding hydrogens is 234 g/mol. The summed E-state index contributed by atoms with van der Waals surface area (Å²) in [5.74, 6) is 0. The minimum absolute atomic E-state index is 0.0982. The van der Waals surface area contributed by atoms with E-state index in [0.29, 0.717) is 6.54 Å². The number of benzene rings is 1. The van der Waals surface area contributed by atoms with Gasteiger partial charge in [0.1, 0.15) is 0 Å². The van der Waals surface area contributed by atoms with E-state index in [0.717, 1.165) is 29.2 Å². The van der Waals surface area contributed by atoms with Crippen molar-refractivity contribution in [1.29, 1.82) is 0 Å². The van der Waals surface area contributed by atoms with Crippen LogP contribution in [0.25, 0.3) is 10.8 Å². The molecule has 0 bridgehead atoms. The Kier molecular flexibility index (Phi) is 3.08. The summed E-state index contributed by atoms with van der Waals surface area (Å²) in [5, 5.41) is 1.86.